The van der Waals surface area contributed by atoms with Gasteiger partial charge in [-0.1, -0.05) is 26.7 Å². The Balaban J connectivity index is 2.25. The van der Waals surface area contributed by atoms with Crippen molar-refractivity contribution in [1.29, 1.82) is 0 Å². The molecule has 0 aliphatic carbocycles. The number of rotatable bonds is 8. The third-order valence-corrected chi connectivity index (χ3v) is 5.87. The van der Waals surface area contributed by atoms with Gasteiger partial charge < -0.3 is 14.4 Å². The molecular weight excluding hydrogens is 322 g/mol. The fraction of sp³-hybridized carbons (Fsp3) is 0.632. The van der Waals surface area contributed by atoms with E-state index in [0.717, 1.165) is 55.0 Å². The van der Waals surface area contributed by atoms with Crippen molar-refractivity contribution < 1.29 is 14.3 Å². The van der Waals surface area contributed by atoms with Crippen LogP contribution < -0.4 is 9.47 Å². The summed E-state index contributed by atoms with van der Waals surface area (Å²) in [4.78, 5) is 15.1. The number of unbranched alkanes of at least 4 members (excludes halogenated alkanes) is 1. The maximum Gasteiger partial charge on any atom is 0.226 e. The van der Waals surface area contributed by atoms with Crippen LogP contribution >= 0.6 is 11.8 Å². The third-order valence-electron chi connectivity index (χ3n) is 4.63. The van der Waals surface area contributed by atoms with Crippen LogP contribution in [0.3, 0.4) is 0 Å². The van der Waals surface area contributed by atoms with Crippen LogP contribution in [0.5, 0.6) is 11.5 Å². The number of methoxy groups -OCH3 is 2. The molecule has 1 amide bonds. The zero-order valence-corrected chi connectivity index (χ0v) is 16.0. The Hall–Kier alpha value is -1.36. The lowest BCUT2D eigenvalue weighted by Gasteiger charge is -2.29. The van der Waals surface area contributed by atoms with Crippen LogP contribution in [-0.4, -0.2) is 37.3 Å². The molecule has 1 aromatic rings. The highest BCUT2D eigenvalue weighted by Gasteiger charge is 2.35. The Morgan fingerprint density at radius 3 is 2.75 bits per heavy atom. The van der Waals surface area contributed by atoms with Gasteiger partial charge in [-0.2, -0.15) is 0 Å². The summed E-state index contributed by atoms with van der Waals surface area (Å²) >= 11 is 1.80. The molecule has 2 atom stereocenters. The van der Waals surface area contributed by atoms with Gasteiger partial charge in [-0.3, -0.25) is 4.79 Å². The van der Waals surface area contributed by atoms with Crippen molar-refractivity contribution in [3.05, 3.63) is 23.8 Å². The molecule has 4 nitrogen and oxygen atoms in total. The first-order chi connectivity index (χ1) is 11.7. The van der Waals surface area contributed by atoms with Crippen molar-refractivity contribution in [2.75, 3.05) is 26.5 Å². The second-order valence-electron chi connectivity index (χ2n) is 6.11. The molecule has 0 N–H and O–H groups in total. The summed E-state index contributed by atoms with van der Waals surface area (Å²) in [6, 6.07) is 5.81. The molecule has 1 fully saturated rings. The number of carbonyl (C=O) groups is 1. The molecule has 1 aliphatic rings. The zero-order valence-electron chi connectivity index (χ0n) is 15.2. The van der Waals surface area contributed by atoms with Crippen LogP contribution in [0.1, 0.15) is 50.5 Å². The molecular formula is C19H29NO3S. The van der Waals surface area contributed by atoms with Gasteiger partial charge in [-0.05, 0) is 31.0 Å². The predicted octanol–water partition coefficient (Wildman–Crippen LogP) is 4.49. The van der Waals surface area contributed by atoms with E-state index in [4.69, 9.17) is 9.47 Å². The molecule has 0 aromatic heterocycles. The van der Waals surface area contributed by atoms with E-state index >= 15 is 0 Å². The molecule has 0 spiro atoms. The third kappa shape index (κ3) is 4.18. The normalized spacial score (nSPS) is 18.5. The van der Waals surface area contributed by atoms with Gasteiger partial charge in [0, 0.05) is 23.8 Å². The van der Waals surface area contributed by atoms with Crippen LogP contribution in [0.2, 0.25) is 0 Å². The minimum Gasteiger partial charge on any atom is -0.497 e. The number of thioether (sulfide) groups is 1. The summed E-state index contributed by atoms with van der Waals surface area (Å²) in [6.07, 6.45) is 4.13. The first kappa shape index (κ1) is 19.0. The van der Waals surface area contributed by atoms with Gasteiger partial charge in [0.25, 0.3) is 0 Å². The number of hydrogen-bond donors (Lipinski definition) is 0. The molecule has 1 aromatic carbocycles. The summed E-state index contributed by atoms with van der Waals surface area (Å²) in [6.45, 7) is 5.09. The van der Waals surface area contributed by atoms with Crippen LogP contribution in [-0.2, 0) is 4.79 Å². The van der Waals surface area contributed by atoms with E-state index in [0.29, 0.717) is 0 Å². The average molecular weight is 352 g/mol. The monoisotopic (exact) mass is 351 g/mol. The molecule has 5 heteroatoms. The van der Waals surface area contributed by atoms with Gasteiger partial charge in [0.05, 0.1) is 14.2 Å². The van der Waals surface area contributed by atoms with Gasteiger partial charge in [0.1, 0.15) is 16.9 Å². The zero-order chi connectivity index (χ0) is 17.5. The van der Waals surface area contributed by atoms with Crippen molar-refractivity contribution in [2.24, 2.45) is 5.92 Å². The van der Waals surface area contributed by atoms with E-state index in [1.807, 2.05) is 23.1 Å². The number of carbonyl (C=O) groups excluding carboxylic acids is 1. The first-order valence-corrected chi connectivity index (χ1v) is 9.85. The lowest BCUT2D eigenvalue weighted by atomic mass is 9.97. The van der Waals surface area contributed by atoms with E-state index in [9.17, 15) is 4.79 Å². The van der Waals surface area contributed by atoms with Gasteiger partial charge in [-0.15, -0.1) is 11.8 Å². The van der Waals surface area contributed by atoms with Crippen LogP contribution in [0, 0.1) is 5.92 Å². The standard InChI is InChI=1S/C19H29NO3S/c1-5-7-8-14(6-2)18(21)20-11-12-24-19(20)16-13-15(22-3)9-10-17(16)23-4/h9-10,13-14,19H,5-8,11-12H2,1-4H3/t14-,19-/m0/s1. The minimum atomic E-state index is 0.0122. The van der Waals surface area contributed by atoms with Crippen molar-refractivity contribution in [2.45, 2.75) is 44.9 Å². The number of hydrogen-bond acceptors (Lipinski definition) is 4. The maximum atomic E-state index is 13.1. The van der Waals surface area contributed by atoms with Crippen molar-refractivity contribution in [3.63, 3.8) is 0 Å². The highest BCUT2D eigenvalue weighted by Crippen LogP contribution is 2.44. The second kappa shape index (κ2) is 9.21. The Morgan fingerprint density at radius 2 is 2.12 bits per heavy atom. The van der Waals surface area contributed by atoms with Crippen molar-refractivity contribution in [1.82, 2.24) is 4.90 Å². The highest BCUT2D eigenvalue weighted by molar-refractivity contribution is 7.99. The molecule has 0 radical (unpaired) electrons. The van der Waals surface area contributed by atoms with E-state index < -0.39 is 0 Å². The lowest BCUT2D eigenvalue weighted by molar-refractivity contribution is -0.136. The van der Waals surface area contributed by atoms with Crippen LogP contribution in [0.15, 0.2) is 18.2 Å². The number of nitrogens with zero attached hydrogens (tertiary/aromatic N) is 1. The van der Waals surface area contributed by atoms with E-state index in [2.05, 4.69) is 13.8 Å². The first-order valence-electron chi connectivity index (χ1n) is 8.80. The largest absolute Gasteiger partial charge is 0.497 e. The van der Waals surface area contributed by atoms with Crippen molar-refractivity contribution >= 4 is 17.7 Å². The Kier molecular flexibility index (Phi) is 7.28. The number of ether oxygens (including phenoxy) is 2. The van der Waals surface area contributed by atoms with E-state index in [1.54, 1.807) is 26.0 Å². The molecule has 0 bridgehead atoms. The predicted molar refractivity (Wildman–Crippen MR) is 99.8 cm³/mol. The molecule has 2 rings (SSSR count). The summed E-state index contributed by atoms with van der Waals surface area (Å²) in [5.41, 5.74) is 1.03. The summed E-state index contributed by atoms with van der Waals surface area (Å²) in [7, 11) is 3.33. The summed E-state index contributed by atoms with van der Waals surface area (Å²) in [5.74, 6) is 2.98. The number of benzene rings is 1. The SMILES string of the molecule is CCCC[C@H](CC)C(=O)N1CCS[C@H]1c1cc(OC)ccc1OC. The maximum absolute atomic E-state index is 13.1. The summed E-state index contributed by atoms with van der Waals surface area (Å²) in [5, 5.41) is 0.0122. The fourth-order valence-corrected chi connectivity index (χ4v) is 4.45. The molecule has 24 heavy (non-hydrogen) atoms. The topological polar surface area (TPSA) is 38.8 Å². The molecule has 1 heterocycles. The Labute approximate surface area is 149 Å². The lowest BCUT2D eigenvalue weighted by Crippen LogP contribution is -2.35. The van der Waals surface area contributed by atoms with Gasteiger partial charge in [0.2, 0.25) is 5.91 Å². The molecule has 1 saturated heterocycles. The quantitative estimate of drug-likeness (QED) is 0.691. The van der Waals surface area contributed by atoms with Gasteiger partial charge in [0.15, 0.2) is 0 Å². The van der Waals surface area contributed by atoms with Crippen LogP contribution in [0.25, 0.3) is 0 Å². The smallest absolute Gasteiger partial charge is 0.226 e. The Morgan fingerprint density at radius 1 is 1.33 bits per heavy atom. The van der Waals surface area contributed by atoms with Gasteiger partial charge in [-0.25, -0.2) is 0 Å². The Bertz CT molecular complexity index is 549. The average Bonchev–Trinajstić information content (AvgIpc) is 3.11. The molecule has 1 aliphatic heterocycles. The second-order valence-corrected chi connectivity index (χ2v) is 7.30. The van der Waals surface area contributed by atoms with E-state index in [1.165, 1.54) is 0 Å². The van der Waals surface area contributed by atoms with Crippen molar-refractivity contribution in [3.8, 4) is 11.5 Å². The van der Waals surface area contributed by atoms with Gasteiger partial charge >= 0.3 is 0 Å². The molecule has 134 valence electrons. The fourth-order valence-electron chi connectivity index (χ4n) is 3.17. The van der Waals surface area contributed by atoms with Crippen LogP contribution in [0.4, 0.5) is 0 Å². The van der Waals surface area contributed by atoms with E-state index in [-0.39, 0.29) is 17.2 Å². The minimum absolute atomic E-state index is 0.0122. The molecule has 0 unspecified atom stereocenters. The summed E-state index contributed by atoms with van der Waals surface area (Å²) < 4.78 is 10.9. The molecule has 0 saturated carbocycles. The highest BCUT2D eigenvalue weighted by atomic mass is 32.2. The number of amides is 1.